The molecular formula is C25H30FN3O3. The van der Waals surface area contributed by atoms with Crippen molar-refractivity contribution >= 4 is 17.7 Å². The van der Waals surface area contributed by atoms with E-state index >= 15 is 0 Å². The average molecular weight is 440 g/mol. The Morgan fingerprint density at radius 2 is 1.72 bits per heavy atom. The Hall–Kier alpha value is -3.22. The molecule has 2 aromatic rings. The van der Waals surface area contributed by atoms with Gasteiger partial charge in [0.15, 0.2) is 0 Å². The molecule has 6 nitrogen and oxygen atoms in total. The SMILES string of the molecule is CCCNC(=O)[C@H](NC(=O)c1ccccc1C)C1CCN(C(=O)c2ccc(F)cc2)CC1. The average Bonchev–Trinajstić information content (AvgIpc) is 2.81. The maximum atomic E-state index is 13.2. The molecule has 3 rings (SSSR count). The molecule has 1 aliphatic heterocycles. The molecule has 32 heavy (non-hydrogen) atoms. The number of carbonyl (C=O) groups is 3. The highest BCUT2D eigenvalue weighted by Gasteiger charge is 2.34. The minimum absolute atomic E-state index is 0.0860. The Kier molecular flexibility index (Phi) is 7.98. The van der Waals surface area contributed by atoms with Crippen LogP contribution in [-0.2, 0) is 4.79 Å². The molecule has 0 bridgehead atoms. The van der Waals surface area contributed by atoms with Crippen LogP contribution in [0.15, 0.2) is 48.5 Å². The molecule has 0 radical (unpaired) electrons. The number of aryl methyl sites for hydroxylation is 1. The van der Waals surface area contributed by atoms with Gasteiger partial charge in [-0.15, -0.1) is 0 Å². The minimum atomic E-state index is -0.670. The summed E-state index contributed by atoms with van der Waals surface area (Å²) in [4.78, 5) is 40.2. The van der Waals surface area contributed by atoms with Gasteiger partial charge in [-0.3, -0.25) is 14.4 Å². The van der Waals surface area contributed by atoms with Gasteiger partial charge in [0.2, 0.25) is 5.91 Å². The molecule has 1 aliphatic rings. The highest BCUT2D eigenvalue weighted by atomic mass is 19.1. The lowest BCUT2D eigenvalue weighted by atomic mass is 9.88. The lowest BCUT2D eigenvalue weighted by molar-refractivity contribution is -0.124. The largest absolute Gasteiger partial charge is 0.354 e. The van der Waals surface area contributed by atoms with Crippen LogP contribution >= 0.6 is 0 Å². The monoisotopic (exact) mass is 439 g/mol. The van der Waals surface area contributed by atoms with E-state index in [1.54, 1.807) is 17.0 Å². The van der Waals surface area contributed by atoms with Crippen LogP contribution in [0, 0.1) is 18.7 Å². The topological polar surface area (TPSA) is 78.5 Å². The summed E-state index contributed by atoms with van der Waals surface area (Å²) in [6.45, 7) is 5.32. The summed E-state index contributed by atoms with van der Waals surface area (Å²) in [5, 5.41) is 5.83. The van der Waals surface area contributed by atoms with Crippen molar-refractivity contribution in [1.82, 2.24) is 15.5 Å². The molecule has 1 saturated heterocycles. The number of nitrogens with zero attached hydrogens (tertiary/aromatic N) is 1. The third-order valence-corrected chi connectivity index (χ3v) is 5.90. The fourth-order valence-electron chi connectivity index (χ4n) is 4.01. The summed E-state index contributed by atoms with van der Waals surface area (Å²) in [6, 6.07) is 12.1. The number of nitrogens with one attached hydrogen (secondary N) is 2. The molecule has 1 fully saturated rings. The van der Waals surface area contributed by atoms with Crippen LogP contribution in [0.4, 0.5) is 4.39 Å². The van der Waals surface area contributed by atoms with E-state index in [0.717, 1.165) is 12.0 Å². The zero-order valence-electron chi connectivity index (χ0n) is 18.6. The van der Waals surface area contributed by atoms with E-state index in [1.165, 1.54) is 24.3 Å². The molecular weight excluding hydrogens is 409 g/mol. The van der Waals surface area contributed by atoms with E-state index in [2.05, 4.69) is 10.6 Å². The first-order valence-corrected chi connectivity index (χ1v) is 11.1. The maximum absolute atomic E-state index is 13.2. The molecule has 0 aromatic heterocycles. The van der Waals surface area contributed by atoms with Gasteiger partial charge in [0.25, 0.3) is 11.8 Å². The zero-order chi connectivity index (χ0) is 23.1. The number of hydrogen-bond acceptors (Lipinski definition) is 3. The Morgan fingerprint density at radius 1 is 1.06 bits per heavy atom. The van der Waals surface area contributed by atoms with Gasteiger partial charge in [-0.05, 0) is 68.0 Å². The van der Waals surface area contributed by atoms with Crippen LogP contribution < -0.4 is 10.6 Å². The first-order chi connectivity index (χ1) is 15.4. The van der Waals surface area contributed by atoms with Crippen molar-refractivity contribution in [1.29, 1.82) is 0 Å². The van der Waals surface area contributed by atoms with E-state index in [4.69, 9.17) is 0 Å². The van der Waals surface area contributed by atoms with Gasteiger partial charge < -0.3 is 15.5 Å². The van der Waals surface area contributed by atoms with Crippen molar-refractivity contribution in [2.45, 2.75) is 39.2 Å². The summed E-state index contributed by atoms with van der Waals surface area (Å²) in [5.74, 6) is -1.09. The number of hydrogen-bond donors (Lipinski definition) is 2. The highest BCUT2D eigenvalue weighted by molar-refractivity contribution is 5.98. The van der Waals surface area contributed by atoms with Crippen LogP contribution in [0.1, 0.15) is 52.5 Å². The van der Waals surface area contributed by atoms with Gasteiger partial charge >= 0.3 is 0 Å². The molecule has 2 aromatic carbocycles. The Morgan fingerprint density at radius 3 is 2.34 bits per heavy atom. The van der Waals surface area contributed by atoms with Crippen molar-refractivity contribution in [3.8, 4) is 0 Å². The number of carbonyl (C=O) groups excluding carboxylic acids is 3. The van der Waals surface area contributed by atoms with Crippen LogP contribution in [0.2, 0.25) is 0 Å². The standard InChI is InChI=1S/C25H30FN3O3/c1-3-14-27-24(31)22(28-23(30)21-7-5-4-6-17(21)2)18-12-15-29(16-13-18)25(32)19-8-10-20(26)11-9-19/h4-11,18,22H,3,12-16H2,1-2H3,(H,27,31)(H,28,30)/t22-/m1/s1. The maximum Gasteiger partial charge on any atom is 0.253 e. The van der Waals surface area contributed by atoms with Crippen molar-refractivity contribution in [2.24, 2.45) is 5.92 Å². The number of halogens is 1. The number of likely N-dealkylation sites (tertiary alicyclic amines) is 1. The van der Waals surface area contributed by atoms with Crippen molar-refractivity contribution in [3.05, 3.63) is 71.0 Å². The second-order valence-corrected chi connectivity index (χ2v) is 8.19. The first-order valence-electron chi connectivity index (χ1n) is 11.1. The van der Waals surface area contributed by atoms with Crippen molar-refractivity contribution in [3.63, 3.8) is 0 Å². The number of amides is 3. The molecule has 3 amide bonds. The molecule has 2 N–H and O–H groups in total. The zero-order valence-corrected chi connectivity index (χ0v) is 18.6. The summed E-state index contributed by atoms with van der Waals surface area (Å²) in [6.07, 6.45) is 1.98. The Labute approximate surface area is 188 Å². The van der Waals surface area contributed by atoms with Gasteiger partial charge in [-0.1, -0.05) is 25.1 Å². The van der Waals surface area contributed by atoms with Crippen LogP contribution in [0.5, 0.6) is 0 Å². The quantitative estimate of drug-likeness (QED) is 0.695. The summed E-state index contributed by atoms with van der Waals surface area (Å²) < 4.78 is 13.2. The van der Waals surface area contributed by atoms with Gasteiger partial charge in [0, 0.05) is 30.8 Å². The molecule has 0 aliphatic carbocycles. The molecule has 0 unspecified atom stereocenters. The predicted octanol–water partition coefficient (Wildman–Crippen LogP) is 3.31. The van der Waals surface area contributed by atoms with E-state index in [-0.39, 0.29) is 29.5 Å². The van der Waals surface area contributed by atoms with Gasteiger partial charge in [0.1, 0.15) is 11.9 Å². The molecule has 7 heteroatoms. The Bertz CT molecular complexity index is 953. The van der Waals surface area contributed by atoms with Crippen molar-refractivity contribution in [2.75, 3.05) is 19.6 Å². The van der Waals surface area contributed by atoms with Gasteiger partial charge in [0.05, 0.1) is 0 Å². The summed E-state index contributed by atoms with van der Waals surface area (Å²) in [7, 11) is 0. The van der Waals surface area contributed by atoms with Crippen LogP contribution in [0.25, 0.3) is 0 Å². The van der Waals surface area contributed by atoms with E-state index < -0.39 is 6.04 Å². The molecule has 0 spiro atoms. The predicted molar refractivity (Wildman–Crippen MR) is 121 cm³/mol. The van der Waals surface area contributed by atoms with E-state index in [9.17, 15) is 18.8 Å². The molecule has 1 atom stereocenters. The molecule has 1 heterocycles. The van der Waals surface area contributed by atoms with Crippen LogP contribution in [0.3, 0.4) is 0 Å². The summed E-state index contributed by atoms with van der Waals surface area (Å²) in [5.41, 5.74) is 1.83. The number of benzene rings is 2. The van der Waals surface area contributed by atoms with Gasteiger partial charge in [-0.2, -0.15) is 0 Å². The normalized spacial score (nSPS) is 15.2. The third kappa shape index (κ3) is 5.72. The number of rotatable bonds is 7. The Balaban J connectivity index is 1.68. The molecule has 170 valence electrons. The van der Waals surface area contributed by atoms with E-state index in [1.807, 2.05) is 26.0 Å². The first kappa shape index (κ1) is 23.4. The van der Waals surface area contributed by atoms with E-state index in [0.29, 0.717) is 43.6 Å². The second-order valence-electron chi connectivity index (χ2n) is 8.19. The highest BCUT2D eigenvalue weighted by Crippen LogP contribution is 2.23. The van der Waals surface area contributed by atoms with Crippen molar-refractivity contribution < 1.29 is 18.8 Å². The minimum Gasteiger partial charge on any atom is -0.354 e. The van der Waals surface area contributed by atoms with Crippen LogP contribution in [-0.4, -0.2) is 48.3 Å². The smallest absolute Gasteiger partial charge is 0.253 e. The lowest BCUT2D eigenvalue weighted by Gasteiger charge is -2.36. The molecule has 0 saturated carbocycles. The van der Waals surface area contributed by atoms with Gasteiger partial charge in [-0.25, -0.2) is 4.39 Å². The fraction of sp³-hybridized carbons (Fsp3) is 0.400. The summed E-state index contributed by atoms with van der Waals surface area (Å²) >= 11 is 0. The fourth-order valence-corrected chi connectivity index (χ4v) is 4.01. The third-order valence-electron chi connectivity index (χ3n) is 5.90. The lowest BCUT2D eigenvalue weighted by Crippen LogP contribution is -2.54. The number of piperidine rings is 1. The second kappa shape index (κ2) is 10.9.